The Morgan fingerprint density at radius 3 is 2.52 bits per heavy atom. The van der Waals surface area contributed by atoms with Crippen LogP contribution in [0.4, 0.5) is 11.5 Å². The summed E-state index contributed by atoms with van der Waals surface area (Å²) in [5.41, 5.74) is 3.59. The summed E-state index contributed by atoms with van der Waals surface area (Å²) < 4.78 is 0. The first-order valence-corrected chi connectivity index (χ1v) is 8.20. The standard InChI is InChI=1S/C20H20N4O/c1-15-6-5-9-17(14-15)22-19-11-10-18(23-24-19)20(25)21-13-12-16-7-3-2-4-8-16/h2-11,14H,12-13H2,1H3,(H,21,25)(H,22,24). The maximum Gasteiger partial charge on any atom is 0.271 e. The monoisotopic (exact) mass is 332 g/mol. The number of nitrogens with zero attached hydrogens (tertiary/aromatic N) is 2. The van der Waals surface area contributed by atoms with Gasteiger partial charge in [0.1, 0.15) is 0 Å². The second-order valence-corrected chi connectivity index (χ2v) is 5.79. The molecule has 0 aliphatic rings. The predicted molar refractivity (Wildman–Crippen MR) is 99.0 cm³/mol. The number of hydrogen-bond donors (Lipinski definition) is 2. The molecule has 25 heavy (non-hydrogen) atoms. The van der Waals surface area contributed by atoms with Crippen molar-refractivity contribution in [1.82, 2.24) is 15.5 Å². The van der Waals surface area contributed by atoms with Crippen LogP contribution in [0.3, 0.4) is 0 Å². The molecule has 0 aliphatic heterocycles. The summed E-state index contributed by atoms with van der Waals surface area (Å²) in [5, 5.41) is 14.1. The van der Waals surface area contributed by atoms with Gasteiger partial charge in [0.15, 0.2) is 11.5 Å². The number of amides is 1. The molecule has 0 bridgehead atoms. The number of aryl methyl sites for hydroxylation is 1. The van der Waals surface area contributed by atoms with Crippen molar-refractivity contribution >= 4 is 17.4 Å². The molecule has 0 fully saturated rings. The highest BCUT2D eigenvalue weighted by molar-refractivity contribution is 5.92. The lowest BCUT2D eigenvalue weighted by molar-refractivity contribution is 0.0948. The van der Waals surface area contributed by atoms with E-state index in [1.165, 1.54) is 5.56 Å². The number of aromatic nitrogens is 2. The second kappa shape index (κ2) is 8.06. The van der Waals surface area contributed by atoms with Gasteiger partial charge in [0.05, 0.1) is 0 Å². The first kappa shape index (κ1) is 16.6. The van der Waals surface area contributed by atoms with Crippen molar-refractivity contribution in [3.05, 3.63) is 83.6 Å². The Hall–Kier alpha value is -3.21. The average molecular weight is 332 g/mol. The molecular formula is C20H20N4O. The van der Waals surface area contributed by atoms with Gasteiger partial charge in [-0.25, -0.2) is 0 Å². The van der Waals surface area contributed by atoms with Crippen LogP contribution < -0.4 is 10.6 Å². The number of rotatable bonds is 6. The van der Waals surface area contributed by atoms with E-state index in [0.717, 1.165) is 17.7 Å². The van der Waals surface area contributed by atoms with Crippen molar-refractivity contribution in [3.63, 3.8) is 0 Å². The molecule has 2 aromatic carbocycles. The Balaban J connectivity index is 1.53. The van der Waals surface area contributed by atoms with E-state index >= 15 is 0 Å². The van der Waals surface area contributed by atoms with Crippen molar-refractivity contribution in [1.29, 1.82) is 0 Å². The fourth-order valence-electron chi connectivity index (χ4n) is 2.45. The molecule has 3 aromatic rings. The first-order valence-electron chi connectivity index (χ1n) is 8.20. The molecule has 0 atom stereocenters. The van der Waals surface area contributed by atoms with Gasteiger partial charge in [-0.05, 0) is 48.7 Å². The molecule has 1 amide bonds. The lowest BCUT2D eigenvalue weighted by atomic mass is 10.1. The van der Waals surface area contributed by atoms with Gasteiger partial charge in [0.2, 0.25) is 0 Å². The summed E-state index contributed by atoms with van der Waals surface area (Å²) in [7, 11) is 0. The number of carbonyl (C=O) groups is 1. The molecule has 0 saturated carbocycles. The fourth-order valence-corrected chi connectivity index (χ4v) is 2.45. The van der Waals surface area contributed by atoms with E-state index in [2.05, 4.69) is 20.8 Å². The third-order valence-corrected chi connectivity index (χ3v) is 3.73. The van der Waals surface area contributed by atoms with E-state index in [1.807, 2.05) is 61.5 Å². The van der Waals surface area contributed by atoms with Crippen molar-refractivity contribution < 1.29 is 4.79 Å². The van der Waals surface area contributed by atoms with Gasteiger partial charge in [-0.1, -0.05) is 42.5 Å². The van der Waals surface area contributed by atoms with E-state index in [9.17, 15) is 4.79 Å². The lowest BCUT2D eigenvalue weighted by Crippen LogP contribution is -2.26. The summed E-state index contributed by atoms with van der Waals surface area (Å²) in [6, 6.07) is 21.4. The molecule has 5 nitrogen and oxygen atoms in total. The molecule has 126 valence electrons. The molecule has 0 aliphatic carbocycles. The van der Waals surface area contributed by atoms with Crippen LogP contribution in [-0.2, 0) is 6.42 Å². The molecule has 0 saturated heterocycles. The quantitative estimate of drug-likeness (QED) is 0.725. The fraction of sp³-hybridized carbons (Fsp3) is 0.150. The number of carbonyl (C=O) groups excluding carboxylic acids is 1. The molecule has 0 radical (unpaired) electrons. The second-order valence-electron chi connectivity index (χ2n) is 5.79. The van der Waals surface area contributed by atoms with Crippen LogP contribution in [0, 0.1) is 6.92 Å². The molecule has 1 aromatic heterocycles. The Morgan fingerprint density at radius 2 is 1.80 bits per heavy atom. The zero-order chi connectivity index (χ0) is 17.5. The third-order valence-electron chi connectivity index (χ3n) is 3.73. The maximum absolute atomic E-state index is 12.1. The van der Waals surface area contributed by atoms with Crippen LogP contribution in [0.25, 0.3) is 0 Å². The summed E-state index contributed by atoms with van der Waals surface area (Å²) in [5.74, 6) is 0.386. The van der Waals surface area contributed by atoms with Crippen LogP contribution in [0.1, 0.15) is 21.6 Å². The Labute approximate surface area is 147 Å². The first-order chi connectivity index (χ1) is 12.2. The number of nitrogens with one attached hydrogen (secondary N) is 2. The summed E-state index contributed by atoms with van der Waals surface area (Å²) in [6.45, 7) is 2.59. The topological polar surface area (TPSA) is 66.9 Å². The predicted octanol–water partition coefficient (Wildman–Crippen LogP) is 3.50. The van der Waals surface area contributed by atoms with Crippen molar-refractivity contribution in [2.75, 3.05) is 11.9 Å². The van der Waals surface area contributed by atoms with Crippen LogP contribution in [0.5, 0.6) is 0 Å². The zero-order valence-electron chi connectivity index (χ0n) is 14.1. The minimum Gasteiger partial charge on any atom is -0.350 e. The largest absolute Gasteiger partial charge is 0.350 e. The zero-order valence-corrected chi connectivity index (χ0v) is 14.1. The minimum absolute atomic E-state index is 0.217. The van der Waals surface area contributed by atoms with Gasteiger partial charge in [0.25, 0.3) is 5.91 Å². The minimum atomic E-state index is -0.217. The average Bonchev–Trinajstić information content (AvgIpc) is 2.63. The lowest BCUT2D eigenvalue weighted by Gasteiger charge is -2.07. The molecule has 1 heterocycles. The van der Waals surface area contributed by atoms with Crippen molar-refractivity contribution in [3.8, 4) is 0 Å². The molecular weight excluding hydrogens is 312 g/mol. The molecule has 0 spiro atoms. The maximum atomic E-state index is 12.1. The van der Waals surface area contributed by atoms with Crippen LogP contribution in [0.2, 0.25) is 0 Å². The Kier molecular flexibility index (Phi) is 5.36. The van der Waals surface area contributed by atoms with E-state index in [0.29, 0.717) is 18.1 Å². The number of hydrogen-bond acceptors (Lipinski definition) is 4. The molecule has 5 heteroatoms. The van der Waals surface area contributed by atoms with Crippen LogP contribution >= 0.6 is 0 Å². The highest BCUT2D eigenvalue weighted by atomic mass is 16.1. The van der Waals surface area contributed by atoms with Crippen molar-refractivity contribution in [2.45, 2.75) is 13.3 Å². The van der Waals surface area contributed by atoms with Crippen LogP contribution in [-0.4, -0.2) is 22.6 Å². The van der Waals surface area contributed by atoms with Gasteiger partial charge in [0, 0.05) is 12.2 Å². The van der Waals surface area contributed by atoms with Crippen molar-refractivity contribution in [2.24, 2.45) is 0 Å². The van der Waals surface area contributed by atoms with E-state index in [1.54, 1.807) is 12.1 Å². The Morgan fingerprint density at radius 1 is 0.960 bits per heavy atom. The van der Waals surface area contributed by atoms with Crippen LogP contribution in [0.15, 0.2) is 66.7 Å². The summed E-state index contributed by atoms with van der Waals surface area (Å²) >= 11 is 0. The summed E-state index contributed by atoms with van der Waals surface area (Å²) in [6.07, 6.45) is 0.785. The van der Waals surface area contributed by atoms with Gasteiger partial charge >= 0.3 is 0 Å². The Bertz CT molecular complexity index is 832. The smallest absolute Gasteiger partial charge is 0.271 e. The van der Waals surface area contributed by atoms with Gasteiger partial charge < -0.3 is 10.6 Å². The SMILES string of the molecule is Cc1cccc(Nc2ccc(C(=O)NCCc3ccccc3)nn2)c1. The third kappa shape index (κ3) is 4.88. The number of benzene rings is 2. The molecule has 3 rings (SSSR count). The highest BCUT2D eigenvalue weighted by Crippen LogP contribution is 2.15. The van der Waals surface area contributed by atoms with Gasteiger partial charge in [-0.3, -0.25) is 4.79 Å². The number of anilines is 2. The van der Waals surface area contributed by atoms with Gasteiger partial charge in [-0.2, -0.15) is 0 Å². The molecule has 0 unspecified atom stereocenters. The molecule has 2 N–H and O–H groups in total. The highest BCUT2D eigenvalue weighted by Gasteiger charge is 2.08. The van der Waals surface area contributed by atoms with E-state index in [4.69, 9.17) is 0 Å². The normalized spacial score (nSPS) is 10.3. The van der Waals surface area contributed by atoms with Gasteiger partial charge in [-0.15, -0.1) is 10.2 Å². The summed E-state index contributed by atoms with van der Waals surface area (Å²) in [4.78, 5) is 12.1. The van der Waals surface area contributed by atoms with E-state index < -0.39 is 0 Å². The van der Waals surface area contributed by atoms with E-state index in [-0.39, 0.29) is 5.91 Å².